The third-order valence-corrected chi connectivity index (χ3v) is 7.06. The Morgan fingerprint density at radius 2 is 1.58 bits per heavy atom. The molecule has 1 N–H and O–H groups in total. The summed E-state index contributed by atoms with van der Waals surface area (Å²) in [6.45, 7) is 0.958. The first kappa shape index (κ1) is 24.0. The van der Waals surface area contributed by atoms with Gasteiger partial charge in [-0.2, -0.15) is 0 Å². The number of amides is 2. The SMILES string of the molecule is O=C1NCCCC[C@@H]1N(Cc1ccc(OC2Cc3ccccc3C2)cc1)C(=O)Cc1ccc(F)cc1. The number of ether oxygens (including phenoxy) is 1. The highest BCUT2D eigenvalue weighted by Crippen LogP contribution is 2.26. The highest BCUT2D eigenvalue weighted by molar-refractivity contribution is 5.88. The fourth-order valence-electron chi connectivity index (χ4n) is 5.14. The molecule has 5 nitrogen and oxygen atoms in total. The van der Waals surface area contributed by atoms with E-state index < -0.39 is 6.04 Å². The van der Waals surface area contributed by atoms with Crippen molar-refractivity contribution in [2.24, 2.45) is 0 Å². The summed E-state index contributed by atoms with van der Waals surface area (Å²) in [5.74, 6) is 0.205. The fourth-order valence-corrected chi connectivity index (χ4v) is 5.14. The lowest BCUT2D eigenvalue weighted by atomic mass is 10.0. The van der Waals surface area contributed by atoms with E-state index in [1.54, 1.807) is 17.0 Å². The second-order valence-electron chi connectivity index (χ2n) is 9.69. The van der Waals surface area contributed by atoms with Crippen LogP contribution >= 0.6 is 0 Å². The number of halogens is 1. The molecule has 1 aliphatic heterocycles. The topological polar surface area (TPSA) is 58.6 Å². The average Bonchev–Trinajstić information content (AvgIpc) is 3.17. The zero-order valence-corrected chi connectivity index (χ0v) is 20.3. The van der Waals surface area contributed by atoms with Crippen molar-refractivity contribution >= 4 is 11.8 Å². The molecular weight excluding hydrogens is 455 g/mol. The van der Waals surface area contributed by atoms with E-state index in [0.717, 1.165) is 42.6 Å². The van der Waals surface area contributed by atoms with Gasteiger partial charge < -0.3 is 15.0 Å². The molecule has 1 saturated heterocycles. The van der Waals surface area contributed by atoms with E-state index in [9.17, 15) is 14.0 Å². The maximum atomic E-state index is 13.4. The Morgan fingerprint density at radius 3 is 2.28 bits per heavy atom. The smallest absolute Gasteiger partial charge is 0.242 e. The normalized spacial score (nSPS) is 17.7. The van der Waals surface area contributed by atoms with Gasteiger partial charge in [0.05, 0.1) is 6.42 Å². The molecule has 0 aromatic heterocycles. The Kier molecular flexibility index (Phi) is 7.31. The largest absolute Gasteiger partial charge is 0.490 e. The molecule has 3 aromatic carbocycles. The number of nitrogens with one attached hydrogen (secondary N) is 1. The van der Waals surface area contributed by atoms with E-state index in [0.29, 0.717) is 19.5 Å². The van der Waals surface area contributed by atoms with Gasteiger partial charge in [0.25, 0.3) is 0 Å². The number of nitrogens with zero attached hydrogens (tertiary/aromatic N) is 1. The Balaban J connectivity index is 1.28. The number of hydrogen-bond donors (Lipinski definition) is 1. The lowest BCUT2D eigenvalue weighted by molar-refractivity contribution is -0.140. The van der Waals surface area contributed by atoms with Gasteiger partial charge in [-0.05, 0) is 65.8 Å². The van der Waals surface area contributed by atoms with Crippen LogP contribution in [0.4, 0.5) is 4.39 Å². The highest BCUT2D eigenvalue weighted by atomic mass is 19.1. The van der Waals surface area contributed by atoms with Crippen LogP contribution in [0.1, 0.15) is 41.5 Å². The fraction of sp³-hybridized carbons (Fsp3) is 0.333. The molecular formula is C30H31FN2O3. The van der Waals surface area contributed by atoms with Gasteiger partial charge >= 0.3 is 0 Å². The summed E-state index contributed by atoms with van der Waals surface area (Å²) in [6.07, 6.45) is 4.45. The summed E-state index contributed by atoms with van der Waals surface area (Å²) in [4.78, 5) is 27.9. The monoisotopic (exact) mass is 486 g/mol. The van der Waals surface area contributed by atoms with Gasteiger partial charge in [-0.1, -0.05) is 48.5 Å². The lowest BCUT2D eigenvalue weighted by Crippen LogP contribution is -2.48. The van der Waals surface area contributed by atoms with Crippen molar-refractivity contribution in [3.05, 3.63) is 101 Å². The Morgan fingerprint density at radius 1 is 0.917 bits per heavy atom. The quantitative estimate of drug-likeness (QED) is 0.531. The molecule has 0 saturated carbocycles. The first-order chi connectivity index (χ1) is 17.5. The Labute approximate surface area is 211 Å². The number of rotatable bonds is 7. The second kappa shape index (κ2) is 10.9. The molecule has 1 atom stereocenters. The molecule has 3 aromatic rings. The van der Waals surface area contributed by atoms with E-state index in [2.05, 4.69) is 29.6 Å². The number of carbonyl (C=O) groups is 2. The van der Waals surface area contributed by atoms with Crippen LogP contribution in [-0.4, -0.2) is 35.4 Å². The van der Waals surface area contributed by atoms with Gasteiger partial charge in [-0.3, -0.25) is 9.59 Å². The summed E-state index contributed by atoms with van der Waals surface area (Å²) in [5.41, 5.74) is 4.34. The predicted octanol–water partition coefficient (Wildman–Crippen LogP) is 4.61. The maximum Gasteiger partial charge on any atom is 0.242 e. The molecule has 0 unspecified atom stereocenters. The van der Waals surface area contributed by atoms with Crippen molar-refractivity contribution in [3.8, 4) is 5.75 Å². The summed E-state index contributed by atoms with van der Waals surface area (Å²) in [7, 11) is 0. The zero-order chi connectivity index (χ0) is 24.9. The number of fused-ring (bicyclic) bond motifs is 1. The minimum absolute atomic E-state index is 0.110. The summed E-state index contributed by atoms with van der Waals surface area (Å²) < 4.78 is 19.6. The number of carbonyl (C=O) groups excluding carboxylic acids is 2. The molecule has 0 spiro atoms. The predicted molar refractivity (Wildman–Crippen MR) is 136 cm³/mol. The van der Waals surface area contributed by atoms with Crippen molar-refractivity contribution in [1.29, 1.82) is 0 Å². The molecule has 0 radical (unpaired) electrons. The van der Waals surface area contributed by atoms with Gasteiger partial charge in [-0.15, -0.1) is 0 Å². The van der Waals surface area contributed by atoms with Crippen LogP contribution in [-0.2, 0) is 35.4 Å². The van der Waals surface area contributed by atoms with Gasteiger partial charge in [0.1, 0.15) is 23.7 Å². The molecule has 186 valence electrons. The van der Waals surface area contributed by atoms with Crippen LogP contribution < -0.4 is 10.1 Å². The van der Waals surface area contributed by atoms with E-state index >= 15 is 0 Å². The first-order valence-electron chi connectivity index (χ1n) is 12.7. The van der Waals surface area contributed by atoms with Crippen molar-refractivity contribution in [2.45, 2.75) is 57.2 Å². The standard InChI is InChI=1S/C30H31FN2O3/c31-25-12-8-21(9-13-25)17-29(34)33(28-7-3-4-16-32-30(28)35)20-22-10-14-26(15-11-22)36-27-18-23-5-1-2-6-24(23)19-27/h1-2,5-6,8-15,27-28H,3-4,7,16-20H2,(H,32,35)/t28-/m0/s1. The second-order valence-corrected chi connectivity index (χ2v) is 9.69. The van der Waals surface area contributed by atoms with Crippen LogP contribution in [0.25, 0.3) is 0 Å². The van der Waals surface area contributed by atoms with E-state index in [4.69, 9.17) is 4.74 Å². The van der Waals surface area contributed by atoms with Gasteiger partial charge in [0.15, 0.2) is 0 Å². The summed E-state index contributed by atoms with van der Waals surface area (Å²) in [5, 5.41) is 2.94. The third-order valence-electron chi connectivity index (χ3n) is 7.06. The van der Waals surface area contributed by atoms with E-state index in [1.807, 2.05) is 24.3 Å². The first-order valence-corrected chi connectivity index (χ1v) is 12.7. The number of hydrogen-bond acceptors (Lipinski definition) is 3. The molecule has 1 aliphatic carbocycles. The van der Waals surface area contributed by atoms with Crippen LogP contribution in [0.3, 0.4) is 0 Å². The molecule has 36 heavy (non-hydrogen) atoms. The molecule has 1 heterocycles. The summed E-state index contributed by atoms with van der Waals surface area (Å²) >= 11 is 0. The van der Waals surface area contributed by atoms with Crippen molar-refractivity contribution in [1.82, 2.24) is 10.2 Å². The van der Waals surface area contributed by atoms with Gasteiger partial charge in [-0.25, -0.2) is 4.39 Å². The molecule has 2 aliphatic rings. The molecule has 5 rings (SSSR count). The number of benzene rings is 3. The lowest BCUT2D eigenvalue weighted by Gasteiger charge is -2.30. The van der Waals surface area contributed by atoms with Crippen LogP contribution in [0.2, 0.25) is 0 Å². The summed E-state index contributed by atoms with van der Waals surface area (Å²) in [6, 6.07) is 21.7. The van der Waals surface area contributed by atoms with Crippen LogP contribution in [0.15, 0.2) is 72.8 Å². The minimum atomic E-state index is -0.520. The Hall–Kier alpha value is -3.67. The Bertz CT molecular complexity index is 1180. The molecule has 6 heteroatoms. The minimum Gasteiger partial charge on any atom is -0.490 e. The average molecular weight is 487 g/mol. The van der Waals surface area contributed by atoms with E-state index in [-0.39, 0.29) is 30.2 Å². The van der Waals surface area contributed by atoms with Gasteiger partial charge in [0.2, 0.25) is 11.8 Å². The maximum absolute atomic E-state index is 13.4. The third kappa shape index (κ3) is 5.76. The van der Waals surface area contributed by atoms with Crippen LogP contribution in [0.5, 0.6) is 5.75 Å². The zero-order valence-electron chi connectivity index (χ0n) is 20.3. The molecule has 0 bridgehead atoms. The van der Waals surface area contributed by atoms with Crippen molar-refractivity contribution < 1.29 is 18.7 Å². The van der Waals surface area contributed by atoms with Crippen molar-refractivity contribution in [3.63, 3.8) is 0 Å². The molecule has 1 fully saturated rings. The van der Waals surface area contributed by atoms with Gasteiger partial charge in [0, 0.05) is 25.9 Å². The van der Waals surface area contributed by atoms with Crippen molar-refractivity contribution in [2.75, 3.05) is 6.54 Å². The van der Waals surface area contributed by atoms with Crippen LogP contribution in [0, 0.1) is 5.82 Å². The molecule has 2 amide bonds. The van der Waals surface area contributed by atoms with E-state index in [1.165, 1.54) is 23.3 Å². The highest BCUT2D eigenvalue weighted by Gasteiger charge is 2.31.